The van der Waals surface area contributed by atoms with Gasteiger partial charge in [0.05, 0.1) is 32.7 Å². The normalized spacial score (nSPS) is 22.5. The molecule has 0 saturated carbocycles. The first-order chi connectivity index (χ1) is 8.43. The molecule has 10 heteroatoms. The first kappa shape index (κ1) is 14.3. The van der Waals surface area contributed by atoms with E-state index in [4.69, 9.17) is 4.84 Å². The third-order valence-electron chi connectivity index (χ3n) is 2.45. The second kappa shape index (κ2) is 5.25. The van der Waals surface area contributed by atoms with Gasteiger partial charge in [-0.15, -0.1) is 0 Å². The summed E-state index contributed by atoms with van der Waals surface area (Å²) in [7, 11) is 3.14. The average Bonchev–Trinajstić information content (AvgIpc) is 2.77. The van der Waals surface area contributed by atoms with Gasteiger partial charge in [0.15, 0.2) is 0 Å². The number of methoxy groups -OCH3 is 2. The number of hydrogen-bond acceptors (Lipinski definition) is 9. The predicted octanol–water partition coefficient (Wildman–Crippen LogP) is -1.13. The Morgan fingerprint density at radius 2 is 1.83 bits per heavy atom. The fraction of sp³-hybridized carbons (Fsp3) is 0.750. The van der Waals surface area contributed by atoms with E-state index in [0.717, 1.165) is 21.3 Å². The van der Waals surface area contributed by atoms with Gasteiger partial charge in [-0.05, 0) is 5.23 Å². The Hall–Kier alpha value is -1.78. The number of hydrogen-bond donors (Lipinski definition) is 0. The zero-order valence-corrected chi connectivity index (χ0v) is 9.94. The molecule has 18 heavy (non-hydrogen) atoms. The van der Waals surface area contributed by atoms with Crippen LogP contribution in [0.3, 0.4) is 0 Å². The van der Waals surface area contributed by atoms with Gasteiger partial charge >= 0.3 is 18.2 Å². The summed E-state index contributed by atoms with van der Waals surface area (Å²) in [5, 5.41) is 11.1. The molecule has 1 fully saturated rings. The number of carbonyl (C=O) groups is 2. The molecule has 1 atom stereocenters. The molecule has 0 amide bonds. The Bertz CT molecular complexity index is 354. The summed E-state index contributed by atoms with van der Waals surface area (Å²) in [6.07, 6.45) is -2.18. The van der Waals surface area contributed by atoms with Crippen LogP contribution in [0.25, 0.3) is 0 Å². The van der Waals surface area contributed by atoms with Crippen molar-refractivity contribution in [2.45, 2.75) is 18.2 Å². The van der Waals surface area contributed by atoms with Gasteiger partial charge in [-0.2, -0.15) is 4.84 Å². The van der Waals surface area contributed by atoms with E-state index in [1.54, 1.807) is 0 Å². The second-order valence-corrected chi connectivity index (χ2v) is 3.33. The molecular weight excluding hydrogens is 252 g/mol. The zero-order chi connectivity index (χ0) is 13.9. The van der Waals surface area contributed by atoms with E-state index in [0.29, 0.717) is 5.23 Å². The Morgan fingerprint density at radius 1 is 1.33 bits per heavy atom. The number of ether oxygens (including phenoxy) is 2. The molecule has 1 aliphatic heterocycles. The van der Waals surface area contributed by atoms with Crippen LogP contribution in [0.15, 0.2) is 0 Å². The number of esters is 2. The van der Waals surface area contributed by atoms with Gasteiger partial charge in [-0.1, -0.05) is 0 Å². The molecule has 0 spiro atoms. The van der Waals surface area contributed by atoms with Crippen LogP contribution in [0.4, 0.5) is 0 Å². The fourth-order valence-electron chi connectivity index (χ4n) is 1.61. The van der Waals surface area contributed by atoms with E-state index in [9.17, 15) is 19.7 Å². The molecule has 102 valence electrons. The molecule has 1 unspecified atom stereocenters. The molecule has 0 aromatic carbocycles. The second-order valence-electron chi connectivity index (χ2n) is 3.33. The van der Waals surface area contributed by atoms with E-state index in [1.165, 1.54) is 0 Å². The summed E-state index contributed by atoms with van der Waals surface area (Å²) in [6.45, 7) is 0. The van der Waals surface area contributed by atoms with E-state index in [1.807, 2.05) is 0 Å². The molecule has 1 heterocycles. The number of hydroxylamine groups is 2. The minimum absolute atomic E-state index is 0.429. The van der Waals surface area contributed by atoms with Crippen molar-refractivity contribution in [3.8, 4) is 0 Å². The molecule has 1 saturated heterocycles. The lowest BCUT2D eigenvalue weighted by molar-refractivity contribution is -0.599. The van der Waals surface area contributed by atoms with E-state index < -0.39 is 35.0 Å². The van der Waals surface area contributed by atoms with E-state index in [-0.39, 0.29) is 0 Å². The van der Waals surface area contributed by atoms with Crippen LogP contribution in [0, 0.1) is 10.1 Å². The highest BCUT2D eigenvalue weighted by Crippen LogP contribution is 2.34. The molecular formula is C8H12N2O8. The Kier molecular flexibility index (Phi) is 4.16. The molecule has 0 bridgehead atoms. The van der Waals surface area contributed by atoms with Gasteiger partial charge in [0.25, 0.3) is 5.54 Å². The van der Waals surface area contributed by atoms with Crippen molar-refractivity contribution in [3.63, 3.8) is 0 Å². The number of rotatable bonds is 4. The molecule has 10 nitrogen and oxygen atoms in total. The maximum absolute atomic E-state index is 11.7. The first-order valence-corrected chi connectivity index (χ1v) is 4.75. The lowest BCUT2D eigenvalue weighted by Gasteiger charge is -2.27. The van der Waals surface area contributed by atoms with Gasteiger partial charge in [0.1, 0.15) is 0 Å². The van der Waals surface area contributed by atoms with Gasteiger partial charge < -0.3 is 9.47 Å². The van der Waals surface area contributed by atoms with Crippen LogP contribution in [0.5, 0.6) is 0 Å². The summed E-state index contributed by atoms with van der Waals surface area (Å²) >= 11 is 0. The van der Waals surface area contributed by atoms with Crippen molar-refractivity contribution in [2.24, 2.45) is 0 Å². The fourth-order valence-corrected chi connectivity index (χ4v) is 1.61. The summed E-state index contributed by atoms with van der Waals surface area (Å²) < 4.78 is 8.91. The first-order valence-electron chi connectivity index (χ1n) is 4.75. The van der Waals surface area contributed by atoms with Crippen LogP contribution in [-0.4, -0.2) is 55.2 Å². The average molecular weight is 264 g/mol. The molecule has 0 aromatic heterocycles. The highest BCUT2D eigenvalue weighted by Gasteiger charge is 2.65. The highest BCUT2D eigenvalue weighted by molar-refractivity contribution is 6.04. The lowest BCUT2D eigenvalue weighted by atomic mass is 9.96. The molecule has 0 aromatic rings. The Balaban J connectivity index is 3.19. The number of nitro groups is 1. The largest absolute Gasteiger partial charge is 0.467 e. The minimum Gasteiger partial charge on any atom is -0.467 e. The summed E-state index contributed by atoms with van der Waals surface area (Å²) in [5.74, 6) is -2.14. The van der Waals surface area contributed by atoms with Crippen molar-refractivity contribution >= 4 is 11.9 Å². The van der Waals surface area contributed by atoms with Crippen molar-refractivity contribution < 1.29 is 33.7 Å². The smallest absolute Gasteiger partial charge is 0.343 e. The standard InChI is InChI=1S/C8H12N2O8/c1-15-6(11)8(7(12)16-2)4-5(9(13)14)18-10(8)17-3/h5H,4H2,1-3H3. The van der Waals surface area contributed by atoms with Crippen LogP contribution in [-0.2, 0) is 28.7 Å². The maximum atomic E-state index is 11.7. The molecule has 0 aliphatic carbocycles. The van der Waals surface area contributed by atoms with Crippen LogP contribution >= 0.6 is 0 Å². The number of carbonyl (C=O) groups excluding carboxylic acids is 2. The lowest BCUT2D eigenvalue weighted by Crippen LogP contribution is -2.56. The van der Waals surface area contributed by atoms with Crippen molar-refractivity contribution in [1.82, 2.24) is 5.23 Å². The van der Waals surface area contributed by atoms with Gasteiger partial charge in [-0.3, -0.25) is 15.0 Å². The van der Waals surface area contributed by atoms with E-state index in [2.05, 4.69) is 14.3 Å². The van der Waals surface area contributed by atoms with Crippen molar-refractivity contribution in [1.29, 1.82) is 0 Å². The van der Waals surface area contributed by atoms with Crippen LogP contribution in [0.1, 0.15) is 6.42 Å². The Morgan fingerprint density at radius 3 is 2.17 bits per heavy atom. The van der Waals surface area contributed by atoms with Gasteiger partial charge in [0, 0.05) is 0 Å². The SMILES string of the molecule is COC(=O)C1(C(=O)OC)CC([N+](=O)[O-])ON1OC. The summed E-state index contributed by atoms with van der Waals surface area (Å²) in [4.78, 5) is 42.7. The third-order valence-corrected chi connectivity index (χ3v) is 2.45. The molecule has 1 rings (SSSR count). The van der Waals surface area contributed by atoms with Gasteiger partial charge in [0.2, 0.25) is 0 Å². The third kappa shape index (κ3) is 2.00. The van der Waals surface area contributed by atoms with Crippen molar-refractivity contribution in [2.75, 3.05) is 21.3 Å². The molecule has 1 aliphatic rings. The van der Waals surface area contributed by atoms with Gasteiger partial charge in [-0.25, -0.2) is 9.59 Å². The maximum Gasteiger partial charge on any atom is 0.343 e. The Labute approximate surface area is 101 Å². The van der Waals surface area contributed by atoms with Crippen LogP contribution in [0.2, 0.25) is 0 Å². The highest BCUT2D eigenvalue weighted by atomic mass is 17.0. The predicted molar refractivity (Wildman–Crippen MR) is 52.1 cm³/mol. The van der Waals surface area contributed by atoms with Crippen molar-refractivity contribution in [3.05, 3.63) is 10.1 Å². The molecule has 0 N–H and O–H groups in total. The van der Waals surface area contributed by atoms with Crippen LogP contribution < -0.4 is 0 Å². The summed E-state index contributed by atoms with van der Waals surface area (Å²) in [5.41, 5.74) is -2.14. The number of nitrogens with zero attached hydrogens (tertiary/aromatic N) is 2. The molecule has 0 radical (unpaired) electrons. The zero-order valence-electron chi connectivity index (χ0n) is 9.94. The quantitative estimate of drug-likeness (QED) is 0.269. The topological polar surface area (TPSA) is 117 Å². The van der Waals surface area contributed by atoms with E-state index >= 15 is 0 Å². The summed E-state index contributed by atoms with van der Waals surface area (Å²) in [6, 6.07) is 0. The minimum atomic E-state index is -2.14. The monoisotopic (exact) mass is 264 g/mol.